The second-order valence-electron chi connectivity index (χ2n) is 8.33. The summed E-state index contributed by atoms with van der Waals surface area (Å²) in [7, 11) is 4.49. The van der Waals surface area contributed by atoms with Gasteiger partial charge < -0.3 is 19.3 Å². The van der Waals surface area contributed by atoms with E-state index in [4.69, 9.17) is 19.2 Å². The summed E-state index contributed by atoms with van der Waals surface area (Å²) in [6, 6.07) is 12.3. The van der Waals surface area contributed by atoms with Gasteiger partial charge in [-0.2, -0.15) is 0 Å². The monoisotopic (exact) mass is 449 g/mol. The largest absolute Gasteiger partial charge is 0.508 e. The predicted octanol–water partition coefficient (Wildman–Crippen LogP) is 4.16. The van der Waals surface area contributed by atoms with Crippen LogP contribution in [0.2, 0.25) is 0 Å². The highest BCUT2D eigenvalue weighted by atomic mass is 16.5. The lowest BCUT2D eigenvalue weighted by atomic mass is 9.69. The molecule has 1 aliphatic heterocycles. The van der Waals surface area contributed by atoms with Gasteiger partial charge in [0.05, 0.1) is 21.3 Å². The molecule has 172 valence electrons. The number of carbonyl (C=O) groups is 2. The summed E-state index contributed by atoms with van der Waals surface area (Å²) in [6.07, 6.45) is 0.837. The first kappa shape index (κ1) is 22.6. The molecule has 1 unspecified atom stereocenters. The van der Waals surface area contributed by atoms with Crippen molar-refractivity contribution in [2.75, 3.05) is 21.3 Å². The van der Waals surface area contributed by atoms with Crippen molar-refractivity contribution in [2.24, 2.45) is 10.9 Å². The number of ketones is 1. The van der Waals surface area contributed by atoms with Gasteiger partial charge in [0.2, 0.25) is 0 Å². The average Bonchev–Trinajstić information content (AvgIpc) is 2.82. The molecule has 0 bridgehead atoms. The third-order valence-corrected chi connectivity index (χ3v) is 6.45. The van der Waals surface area contributed by atoms with Crippen LogP contribution in [-0.4, -0.2) is 43.9 Å². The van der Waals surface area contributed by atoms with Gasteiger partial charge in [0.15, 0.2) is 17.3 Å². The highest BCUT2D eigenvalue weighted by molar-refractivity contribution is 6.09. The Morgan fingerprint density at radius 3 is 2.42 bits per heavy atom. The predicted molar refractivity (Wildman–Crippen MR) is 123 cm³/mol. The van der Waals surface area contributed by atoms with Crippen molar-refractivity contribution in [3.63, 3.8) is 0 Å². The molecule has 2 aliphatic rings. The van der Waals surface area contributed by atoms with Gasteiger partial charge in [-0.3, -0.25) is 14.6 Å². The van der Waals surface area contributed by atoms with Gasteiger partial charge in [0.25, 0.3) is 0 Å². The number of methoxy groups -OCH3 is 3. The minimum absolute atomic E-state index is 0.0606. The van der Waals surface area contributed by atoms with E-state index in [9.17, 15) is 14.7 Å². The van der Waals surface area contributed by atoms with Crippen LogP contribution in [0.4, 0.5) is 0 Å². The van der Waals surface area contributed by atoms with E-state index in [0.717, 1.165) is 5.56 Å². The number of phenols is 1. The summed E-state index contributed by atoms with van der Waals surface area (Å²) in [6.45, 7) is 1.78. The number of esters is 1. The number of hydrogen-bond donors (Lipinski definition) is 1. The fourth-order valence-corrected chi connectivity index (χ4v) is 4.91. The van der Waals surface area contributed by atoms with Gasteiger partial charge >= 0.3 is 5.97 Å². The van der Waals surface area contributed by atoms with Crippen LogP contribution >= 0.6 is 0 Å². The number of Topliss-reactive ketones (excluding diaryl/α,β-unsaturated/α-hetero) is 1. The Kier molecular flexibility index (Phi) is 6.22. The molecular weight excluding hydrogens is 422 g/mol. The molecule has 1 heterocycles. The summed E-state index contributed by atoms with van der Waals surface area (Å²) in [5.41, 5.74) is 3.44. The fourth-order valence-electron chi connectivity index (χ4n) is 4.91. The third-order valence-electron chi connectivity index (χ3n) is 6.45. The number of phenolic OH excluding ortho intramolecular Hbond substituents is 1. The van der Waals surface area contributed by atoms with E-state index in [1.807, 2.05) is 24.3 Å². The summed E-state index contributed by atoms with van der Waals surface area (Å²) in [5.74, 6) is -0.570. The SMILES string of the molecule is COC(=O)C1C(C)=NC2=C(C(=O)C[C@H](c3ccc(OC)c(OC)c3)C2)[C@@H]1c1cccc(O)c1. The molecule has 0 spiro atoms. The van der Waals surface area contributed by atoms with Gasteiger partial charge in [-0.25, -0.2) is 0 Å². The standard InChI is InChI=1S/C26H27NO6/c1-14-23(26(30)33-4)24(16-6-5-7-18(28)10-16)25-19(27-14)11-17(12-20(25)29)15-8-9-21(31-2)22(13-15)32-3/h5-10,13,17,23-24,28H,11-12H2,1-4H3/t17-,23?,24-/m1/s1. The van der Waals surface area contributed by atoms with Crippen LogP contribution in [0.25, 0.3) is 0 Å². The highest BCUT2D eigenvalue weighted by Gasteiger charge is 2.44. The molecule has 0 saturated heterocycles. The number of carbonyl (C=O) groups excluding carboxylic acids is 2. The number of rotatable bonds is 5. The first-order chi connectivity index (χ1) is 15.9. The van der Waals surface area contributed by atoms with Crippen molar-refractivity contribution < 1.29 is 28.9 Å². The Bertz CT molecular complexity index is 1170. The maximum atomic E-state index is 13.5. The van der Waals surface area contributed by atoms with Crippen LogP contribution in [0.1, 0.15) is 42.7 Å². The van der Waals surface area contributed by atoms with E-state index in [0.29, 0.717) is 40.5 Å². The Labute approximate surface area is 192 Å². The Morgan fingerprint density at radius 1 is 1.00 bits per heavy atom. The van der Waals surface area contributed by atoms with Gasteiger partial charge in [0.1, 0.15) is 11.7 Å². The summed E-state index contributed by atoms with van der Waals surface area (Å²) in [4.78, 5) is 31.0. The fraction of sp³-hybridized carbons (Fsp3) is 0.346. The smallest absolute Gasteiger partial charge is 0.315 e. The average molecular weight is 450 g/mol. The maximum Gasteiger partial charge on any atom is 0.315 e. The molecule has 7 heteroatoms. The number of allylic oxidation sites excluding steroid dienone is 2. The lowest BCUT2D eigenvalue weighted by molar-refractivity contribution is -0.143. The first-order valence-corrected chi connectivity index (χ1v) is 10.8. The molecule has 3 atom stereocenters. The topological polar surface area (TPSA) is 94.4 Å². The molecule has 0 radical (unpaired) electrons. The van der Waals surface area contributed by atoms with Gasteiger partial charge in [0, 0.05) is 29.3 Å². The zero-order chi connectivity index (χ0) is 23.7. The van der Waals surface area contributed by atoms with E-state index in [1.165, 1.54) is 7.11 Å². The van der Waals surface area contributed by atoms with Crippen molar-refractivity contribution in [3.05, 3.63) is 64.9 Å². The number of hydrogen-bond acceptors (Lipinski definition) is 7. The van der Waals surface area contributed by atoms with Crippen LogP contribution in [0.5, 0.6) is 17.2 Å². The van der Waals surface area contributed by atoms with Crippen molar-refractivity contribution in [1.82, 2.24) is 0 Å². The summed E-state index contributed by atoms with van der Waals surface area (Å²) < 4.78 is 15.8. The van der Waals surface area contributed by atoms with Crippen LogP contribution in [-0.2, 0) is 14.3 Å². The molecule has 0 fully saturated rings. The lowest BCUT2D eigenvalue weighted by Crippen LogP contribution is -2.37. The minimum Gasteiger partial charge on any atom is -0.508 e. The Hall–Kier alpha value is -3.61. The number of aliphatic imine (C=N–C) groups is 1. The molecule has 7 nitrogen and oxygen atoms in total. The van der Waals surface area contributed by atoms with E-state index < -0.39 is 17.8 Å². The molecule has 0 saturated carbocycles. The van der Waals surface area contributed by atoms with Crippen LogP contribution < -0.4 is 9.47 Å². The second kappa shape index (κ2) is 9.10. The molecule has 0 amide bonds. The first-order valence-electron chi connectivity index (χ1n) is 10.8. The Balaban J connectivity index is 1.79. The number of benzene rings is 2. The van der Waals surface area contributed by atoms with E-state index in [-0.39, 0.29) is 23.9 Å². The molecule has 2 aromatic rings. The minimum atomic E-state index is -0.725. The van der Waals surface area contributed by atoms with Gasteiger partial charge in [-0.15, -0.1) is 0 Å². The van der Waals surface area contributed by atoms with Crippen LogP contribution in [0, 0.1) is 5.92 Å². The molecule has 1 N–H and O–H groups in total. The molecule has 0 aromatic heterocycles. The van der Waals surface area contributed by atoms with Gasteiger partial charge in [-0.05, 0) is 54.7 Å². The second-order valence-corrected chi connectivity index (χ2v) is 8.33. The molecule has 2 aromatic carbocycles. The lowest BCUT2D eigenvalue weighted by Gasteiger charge is -2.36. The molecule has 1 aliphatic carbocycles. The normalized spacial score (nSPS) is 22.4. The Morgan fingerprint density at radius 2 is 1.76 bits per heavy atom. The third kappa shape index (κ3) is 4.11. The van der Waals surface area contributed by atoms with Crippen LogP contribution in [0.15, 0.2) is 58.7 Å². The number of ether oxygens (including phenoxy) is 3. The van der Waals surface area contributed by atoms with E-state index in [2.05, 4.69) is 0 Å². The maximum absolute atomic E-state index is 13.5. The quantitative estimate of drug-likeness (QED) is 0.689. The van der Waals surface area contributed by atoms with E-state index in [1.54, 1.807) is 39.3 Å². The summed E-state index contributed by atoms with van der Waals surface area (Å²) in [5, 5.41) is 10.1. The van der Waals surface area contributed by atoms with Crippen molar-refractivity contribution in [1.29, 1.82) is 0 Å². The summed E-state index contributed by atoms with van der Waals surface area (Å²) >= 11 is 0. The number of nitrogens with zero attached hydrogens (tertiary/aromatic N) is 1. The zero-order valence-electron chi connectivity index (χ0n) is 19.1. The van der Waals surface area contributed by atoms with E-state index >= 15 is 0 Å². The highest BCUT2D eigenvalue weighted by Crippen LogP contribution is 2.47. The van der Waals surface area contributed by atoms with Gasteiger partial charge in [-0.1, -0.05) is 18.2 Å². The molecule has 4 rings (SSSR count). The zero-order valence-corrected chi connectivity index (χ0v) is 19.1. The van der Waals surface area contributed by atoms with Crippen molar-refractivity contribution in [2.45, 2.75) is 31.6 Å². The number of aromatic hydroxyl groups is 1. The van der Waals surface area contributed by atoms with Crippen molar-refractivity contribution in [3.8, 4) is 17.2 Å². The van der Waals surface area contributed by atoms with Crippen molar-refractivity contribution >= 4 is 17.5 Å². The molecular formula is C26H27NO6. The van der Waals surface area contributed by atoms with Crippen LogP contribution in [0.3, 0.4) is 0 Å². The molecule has 33 heavy (non-hydrogen) atoms.